The number of aliphatic carboxylic acids is 1. The largest absolute Gasteiger partial charge is 0.778 e. The van der Waals surface area contributed by atoms with Crippen LogP contribution in [-0.4, -0.2) is 123 Å². The second kappa shape index (κ2) is 34.2. The van der Waals surface area contributed by atoms with Gasteiger partial charge in [-0.3, -0.25) is 29.3 Å². The van der Waals surface area contributed by atoms with Gasteiger partial charge in [-0.05, 0) is 84.2 Å². The number of ether oxygens (including phenoxy) is 2. The number of esters is 1. The second-order valence-electron chi connectivity index (χ2n) is 14.4. The molecule has 0 fully saturated rings. The first-order valence-corrected chi connectivity index (χ1v) is 26.9. The topological polar surface area (TPSA) is 204 Å². The van der Waals surface area contributed by atoms with Crippen molar-refractivity contribution in [1.82, 2.24) is 20.0 Å². The molecule has 3 aromatic rings. The Bertz CT molecular complexity index is 2170. The maximum absolute atomic E-state index is 14.3. The molecule has 26 heteroatoms. The Balaban J connectivity index is 0. The standard InChI is InChI=1S/C15H12BrClF4N2O2.C14H20ClNO2.C8H11Cl2NO.C3H8NO5P.C3H9S/c1-6(2)25-14(24)7-4-8(10(18)5-9(7)17)12-11(16)13(15(19,20)21)23(3)22-12;1-4-12-8-6-7-11(3)14(12)16(10-18-5-2)13(17)9-15;1-3-5-11(6-4-2)8(12)7(9)10;5-3(6)1-4-2-10(7,8)9;1-4(2)3/h4-6H,1-3H3;6-8H,4-5,9-10H2,1-3H3;3-4,7H,1-2,5-6H2;4H,1-2H2,(H,5,6)(H2,7,8,9);1-3H3/q;;;;+1/p-1. The van der Waals surface area contributed by atoms with Gasteiger partial charge in [0.1, 0.15) is 31.7 Å². The van der Waals surface area contributed by atoms with E-state index < -0.39 is 65.5 Å². The molecule has 2 aromatic carbocycles. The van der Waals surface area contributed by atoms with Gasteiger partial charge in [-0.15, -0.1) is 24.8 Å². The lowest BCUT2D eigenvalue weighted by Crippen LogP contribution is -2.35. The van der Waals surface area contributed by atoms with E-state index >= 15 is 0 Å². The first kappa shape index (κ1) is 67.9. The Morgan fingerprint density at radius 3 is 2.06 bits per heavy atom. The number of nitrogens with one attached hydrogen (secondary N) is 1. The SMILES string of the molecule is C=CCN(CC=C)C(=O)C(Cl)Cl.CC(C)OC(=O)c1cc(-c2nn(C)c(C(F)(F)F)c2Br)c(F)cc1Cl.CCOCN(C(=O)CCl)c1c(C)cccc1CC.C[S+](C)C.O=C(O)CNCP(=O)([O-])O. The third-order valence-electron chi connectivity index (χ3n) is 7.73. The van der Waals surface area contributed by atoms with Crippen LogP contribution < -0.4 is 15.1 Å². The van der Waals surface area contributed by atoms with Gasteiger partial charge in [-0.2, -0.15) is 18.3 Å². The summed E-state index contributed by atoms with van der Waals surface area (Å²) >= 11 is 25.1. The minimum atomic E-state index is -4.69. The van der Waals surface area contributed by atoms with Crippen LogP contribution in [0.3, 0.4) is 0 Å². The minimum Gasteiger partial charge on any atom is -0.778 e. The van der Waals surface area contributed by atoms with Gasteiger partial charge < -0.3 is 33.8 Å². The van der Waals surface area contributed by atoms with Gasteiger partial charge in [0.25, 0.3) is 5.91 Å². The summed E-state index contributed by atoms with van der Waals surface area (Å²) in [4.78, 5) is 65.0. The fraction of sp³-hybridized carbons (Fsp3) is 0.465. The zero-order chi connectivity index (χ0) is 54.0. The van der Waals surface area contributed by atoms with E-state index in [1.807, 2.05) is 37.4 Å². The zero-order valence-corrected chi connectivity index (χ0v) is 45.8. The highest BCUT2D eigenvalue weighted by atomic mass is 79.9. The van der Waals surface area contributed by atoms with Crippen LogP contribution in [0.2, 0.25) is 5.02 Å². The number of carboxylic acids is 1. The van der Waals surface area contributed by atoms with Crippen LogP contribution in [0.15, 0.2) is 60.1 Å². The molecule has 0 spiro atoms. The molecule has 0 aliphatic heterocycles. The summed E-state index contributed by atoms with van der Waals surface area (Å²) in [7, 11) is -2.63. The number of carbonyl (C=O) groups excluding carboxylic acids is 3. The minimum absolute atomic E-state index is 0.0371. The molecule has 0 saturated heterocycles. The van der Waals surface area contributed by atoms with Crippen LogP contribution >= 0.6 is 69.9 Å². The number of hydrogen-bond acceptors (Lipinski definition) is 10. The number of rotatable bonds is 18. The Hall–Kier alpha value is -3.21. The molecule has 2 amide bonds. The Labute approximate surface area is 432 Å². The van der Waals surface area contributed by atoms with Crippen LogP contribution in [0.1, 0.15) is 54.9 Å². The molecule has 1 aromatic heterocycles. The molecule has 1 heterocycles. The maximum atomic E-state index is 14.3. The number of carbonyl (C=O) groups is 4. The summed E-state index contributed by atoms with van der Waals surface area (Å²) in [5.41, 5.74) is 1.27. The lowest BCUT2D eigenvalue weighted by atomic mass is 10.0. The summed E-state index contributed by atoms with van der Waals surface area (Å²) in [5, 5.41) is 13.5. The fourth-order valence-electron chi connectivity index (χ4n) is 5.06. The van der Waals surface area contributed by atoms with E-state index in [0.717, 1.165) is 42.4 Å². The normalized spacial score (nSPS) is 11.6. The molecule has 69 heavy (non-hydrogen) atoms. The van der Waals surface area contributed by atoms with Crippen molar-refractivity contribution in [1.29, 1.82) is 0 Å². The number of nitrogens with zero attached hydrogens (tertiary/aromatic N) is 4. The number of hydrogen-bond donors (Lipinski definition) is 3. The number of para-hydroxylation sites is 1. The first-order chi connectivity index (χ1) is 31.9. The van der Waals surface area contributed by atoms with Gasteiger partial charge in [0, 0.05) is 32.3 Å². The van der Waals surface area contributed by atoms with Crippen LogP contribution in [0.4, 0.5) is 23.2 Å². The van der Waals surface area contributed by atoms with Crippen molar-refractivity contribution in [3.05, 3.63) is 93.3 Å². The number of aryl methyl sites for hydroxylation is 3. The van der Waals surface area contributed by atoms with Crippen molar-refractivity contribution in [3.8, 4) is 11.3 Å². The van der Waals surface area contributed by atoms with E-state index in [0.29, 0.717) is 35.3 Å². The number of aromatic nitrogens is 2. The molecule has 0 bridgehead atoms. The summed E-state index contributed by atoms with van der Waals surface area (Å²) in [5.74, 6) is -3.39. The van der Waals surface area contributed by atoms with Crippen molar-refractivity contribution in [3.63, 3.8) is 0 Å². The van der Waals surface area contributed by atoms with Crippen molar-refractivity contribution < 1.29 is 65.7 Å². The van der Waals surface area contributed by atoms with Gasteiger partial charge in [0.05, 0.1) is 58.4 Å². The average molecular weight is 1170 g/mol. The molecule has 1 atom stereocenters. The lowest BCUT2D eigenvalue weighted by Gasteiger charge is -2.25. The van der Waals surface area contributed by atoms with Gasteiger partial charge >= 0.3 is 18.1 Å². The smallest absolute Gasteiger partial charge is 0.434 e. The third-order valence-corrected chi connectivity index (χ3v) is 10.0. The van der Waals surface area contributed by atoms with Crippen LogP contribution in [0, 0.1) is 12.7 Å². The van der Waals surface area contributed by atoms with Crippen molar-refractivity contribution >= 4 is 110 Å². The third kappa shape index (κ3) is 26.7. The molecule has 3 rings (SSSR count). The Morgan fingerprint density at radius 2 is 1.65 bits per heavy atom. The molecular weight excluding hydrogens is 1110 g/mol. The summed E-state index contributed by atoms with van der Waals surface area (Å²) in [6.45, 7) is 17.4. The fourth-order valence-corrected chi connectivity index (χ4v) is 6.87. The lowest BCUT2D eigenvalue weighted by molar-refractivity contribution is -0.193. The number of benzene rings is 2. The molecule has 1 unspecified atom stereocenters. The number of alkyl halides is 6. The molecule has 390 valence electrons. The van der Waals surface area contributed by atoms with E-state index in [1.54, 1.807) is 30.9 Å². The number of anilines is 1. The molecule has 0 radical (unpaired) electrons. The number of halogens is 9. The van der Waals surface area contributed by atoms with Gasteiger partial charge in [0.2, 0.25) is 5.91 Å². The predicted molar refractivity (Wildman–Crippen MR) is 270 cm³/mol. The maximum Gasteiger partial charge on any atom is 0.434 e. The van der Waals surface area contributed by atoms with Crippen molar-refractivity contribution in [2.45, 2.75) is 58.2 Å². The van der Waals surface area contributed by atoms with Gasteiger partial charge in [0.15, 0.2) is 10.5 Å². The highest BCUT2D eigenvalue weighted by Crippen LogP contribution is 2.41. The van der Waals surface area contributed by atoms with E-state index in [9.17, 15) is 46.2 Å². The van der Waals surface area contributed by atoms with Crippen LogP contribution in [-0.2, 0) is 59.0 Å². The van der Waals surface area contributed by atoms with Gasteiger partial charge in [-0.25, -0.2) is 9.18 Å². The molecule has 3 N–H and O–H groups in total. The molecular formula is C43H59BrCl4F4N5O10PS. The molecule has 0 aliphatic carbocycles. The van der Waals surface area contributed by atoms with E-state index in [4.69, 9.17) is 65.9 Å². The molecule has 0 saturated carbocycles. The molecule has 15 nitrogen and oxygen atoms in total. The molecule has 0 aliphatic rings. The summed E-state index contributed by atoms with van der Waals surface area (Å²) in [6, 6.07) is 7.89. The van der Waals surface area contributed by atoms with Crippen molar-refractivity contribution in [2.24, 2.45) is 7.05 Å². The highest BCUT2D eigenvalue weighted by molar-refractivity contribution is 9.10. The monoisotopic (exact) mass is 1160 g/mol. The highest BCUT2D eigenvalue weighted by Gasteiger charge is 2.39. The Kier molecular flexibility index (Phi) is 33.6. The van der Waals surface area contributed by atoms with E-state index in [2.05, 4.69) is 59.9 Å². The summed E-state index contributed by atoms with van der Waals surface area (Å²) < 4.78 is 74.0. The zero-order valence-electron chi connectivity index (χ0n) is 39.5. The van der Waals surface area contributed by atoms with Gasteiger partial charge in [-0.1, -0.05) is 72.1 Å². The Morgan fingerprint density at radius 1 is 1.10 bits per heavy atom. The number of carboxylic acid groups (broad SMARTS) is 1. The first-order valence-electron chi connectivity index (χ1n) is 20.1. The summed E-state index contributed by atoms with van der Waals surface area (Å²) in [6.07, 6.45) is 4.82. The quantitative estimate of drug-likeness (QED) is 0.0208. The average Bonchev–Trinajstić information content (AvgIpc) is 3.53. The number of amides is 2. The van der Waals surface area contributed by atoms with Crippen LogP contribution in [0.5, 0.6) is 0 Å². The van der Waals surface area contributed by atoms with E-state index in [-0.39, 0.29) is 46.3 Å². The predicted octanol–water partition coefficient (Wildman–Crippen LogP) is 9.00. The van der Waals surface area contributed by atoms with Crippen LogP contribution in [0.25, 0.3) is 11.3 Å². The van der Waals surface area contributed by atoms with E-state index in [1.165, 1.54) is 4.90 Å². The second-order valence-corrected chi connectivity index (χ2v) is 21.0. The van der Waals surface area contributed by atoms with Crippen molar-refractivity contribution in [2.75, 3.05) is 68.8 Å².